The zero-order valence-corrected chi connectivity index (χ0v) is 14.3. The molecule has 0 aliphatic rings. The molecule has 0 saturated heterocycles. The van der Waals surface area contributed by atoms with E-state index in [2.05, 4.69) is 39.9 Å². The van der Waals surface area contributed by atoms with E-state index in [4.69, 9.17) is 10.9 Å². The standard InChI is InChI=1S/C17H28O2Si/c1-17(2,3)20(4,5)19-16-13-9-8-12-15(16)11-7-6-10-14-18/h6,8-10,12-13,18H,7,11,14H2,1-5H3/b10-6+/i14D/t14-/m0/s1. The average Bonchev–Trinajstić information content (AvgIpc) is 2.34. The third-order valence-electron chi connectivity index (χ3n) is 3.95. The molecule has 0 aliphatic carbocycles. The highest BCUT2D eigenvalue weighted by molar-refractivity contribution is 6.74. The van der Waals surface area contributed by atoms with E-state index in [0.717, 1.165) is 18.6 Å². The van der Waals surface area contributed by atoms with Crippen LogP contribution in [0.2, 0.25) is 18.1 Å². The minimum Gasteiger partial charge on any atom is -0.543 e. The maximum absolute atomic E-state index is 8.91. The molecule has 0 saturated carbocycles. The Hall–Kier alpha value is -1.06. The lowest BCUT2D eigenvalue weighted by atomic mass is 10.1. The molecule has 0 radical (unpaired) electrons. The molecule has 0 unspecified atom stereocenters. The van der Waals surface area contributed by atoms with Gasteiger partial charge in [0.1, 0.15) is 5.75 Å². The van der Waals surface area contributed by atoms with Gasteiger partial charge in [-0.05, 0) is 42.6 Å². The summed E-state index contributed by atoms with van der Waals surface area (Å²) < 4.78 is 13.4. The molecule has 112 valence electrons. The summed E-state index contributed by atoms with van der Waals surface area (Å²) in [7, 11) is -1.83. The third-order valence-corrected chi connectivity index (χ3v) is 8.29. The van der Waals surface area contributed by atoms with E-state index >= 15 is 0 Å². The molecule has 0 heterocycles. The van der Waals surface area contributed by atoms with Gasteiger partial charge in [-0.2, -0.15) is 0 Å². The molecule has 1 N–H and O–H groups in total. The molecule has 0 bridgehead atoms. The van der Waals surface area contributed by atoms with Crippen molar-refractivity contribution in [2.24, 2.45) is 0 Å². The Morgan fingerprint density at radius 1 is 1.25 bits per heavy atom. The van der Waals surface area contributed by atoms with Gasteiger partial charge in [0.2, 0.25) is 8.32 Å². The quantitative estimate of drug-likeness (QED) is 0.616. The van der Waals surface area contributed by atoms with Gasteiger partial charge < -0.3 is 9.53 Å². The van der Waals surface area contributed by atoms with E-state index in [0.29, 0.717) is 0 Å². The van der Waals surface area contributed by atoms with Crippen LogP contribution in [0, 0.1) is 0 Å². The number of aliphatic hydroxyl groups excluding tert-OH is 1. The molecule has 0 spiro atoms. The summed E-state index contributed by atoms with van der Waals surface area (Å²) in [6, 6.07) is 8.17. The van der Waals surface area contributed by atoms with E-state index in [1.165, 1.54) is 11.6 Å². The number of aryl methyl sites for hydroxylation is 1. The minimum atomic E-state index is -1.83. The summed E-state index contributed by atoms with van der Waals surface area (Å²) in [5.74, 6) is 0.976. The van der Waals surface area contributed by atoms with Crippen LogP contribution in [0.1, 0.15) is 34.1 Å². The van der Waals surface area contributed by atoms with Gasteiger partial charge in [-0.25, -0.2) is 0 Å². The first kappa shape index (κ1) is 15.3. The first-order valence-corrected chi connectivity index (χ1v) is 10.1. The molecule has 0 amide bonds. The summed E-state index contributed by atoms with van der Waals surface area (Å²) in [5, 5.41) is 9.08. The van der Waals surface area contributed by atoms with Crippen LogP contribution < -0.4 is 4.43 Å². The van der Waals surface area contributed by atoms with Gasteiger partial charge in [0.25, 0.3) is 0 Å². The minimum absolute atomic E-state index is 0.176. The molecule has 2 nitrogen and oxygen atoms in total. The third kappa shape index (κ3) is 4.80. The van der Waals surface area contributed by atoms with Crippen LogP contribution in [0.15, 0.2) is 36.4 Å². The van der Waals surface area contributed by atoms with Crippen LogP contribution in [-0.2, 0) is 6.42 Å². The Balaban J connectivity index is 2.80. The van der Waals surface area contributed by atoms with Gasteiger partial charge in [-0.15, -0.1) is 0 Å². The van der Waals surface area contributed by atoms with E-state index in [1.807, 2.05) is 24.3 Å². The zero-order chi connectivity index (χ0) is 16.1. The Kier molecular flexibility index (Phi) is 5.43. The topological polar surface area (TPSA) is 29.5 Å². The molecule has 1 rings (SSSR count). The Morgan fingerprint density at radius 3 is 2.50 bits per heavy atom. The van der Waals surface area contributed by atoms with Gasteiger partial charge in [-0.1, -0.05) is 51.1 Å². The highest BCUT2D eigenvalue weighted by Crippen LogP contribution is 2.38. The maximum atomic E-state index is 8.91. The fraction of sp³-hybridized carbons (Fsp3) is 0.529. The number of benzene rings is 1. The molecule has 0 aliphatic heterocycles. The van der Waals surface area contributed by atoms with Crippen LogP contribution in [-0.4, -0.2) is 20.0 Å². The van der Waals surface area contributed by atoms with Crippen LogP contribution >= 0.6 is 0 Å². The number of hydrogen-bond donors (Lipinski definition) is 1. The predicted octanol–water partition coefficient (Wildman–Crippen LogP) is 4.55. The fourth-order valence-electron chi connectivity index (χ4n) is 1.63. The van der Waals surface area contributed by atoms with Gasteiger partial charge in [0.05, 0.1) is 7.95 Å². The Bertz CT molecular complexity index is 476. The lowest BCUT2D eigenvalue weighted by molar-refractivity contribution is 0.342. The summed E-state index contributed by atoms with van der Waals surface area (Å²) in [6.07, 6.45) is 5.00. The van der Waals surface area contributed by atoms with E-state index in [9.17, 15) is 0 Å². The van der Waals surface area contributed by atoms with Crippen molar-refractivity contribution in [1.29, 1.82) is 0 Å². The zero-order valence-electron chi connectivity index (χ0n) is 14.3. The maximum Gasteiger partial charge on any atom is 0.250 e. The molecular weight excluding hydrogens is 264 g/mol. The summed E-state index contributed by atoms with van der Waals surface area (Å²) in [5.41, 5.74) is 1.19. The average molecular weight is 294 g/mol. The SMILES string of the molecule is [2H][C@H](O)/C=C/CCc1ccccc1O[Si](C)(C)C(C)(C)C. The van der Waals surface area contributed by atoms with Gasteiger partial charge >= 0.3 is 0 Å². The molecule has 20 heavy (non-hydrogen) atoms. The highest BCUT2D eigenvalue weighted by Gasteiger charge is 2.39. The monoisotopic (exact) mass is 293 g/mol. The number of hydrogen-bond acceptors (Lipinski definition) is 2. The van der Waals surface area contributed by atoms with Crippen LogP contribution in [0.5, 0.6) is 5.75 Å². The fourth-order valence-corrected chi connectivity index (χ4v) is 2.69. The summed E-state index contributed by atoms with van der Waals surface area (Å²) in [4.78, 5) is 0. The second kappa shape index (κ2) is 7.09. The molecule has 0 aromatic heterocycles. The van der Waals surface area contributed by atoms with Crippen molar-refractivity contribution in [2.75, 3.05) is 6.58 Å². The normalized spacial score (nSPS) is 15.2. The second-order valence-corrected chi connectivity index (χ2v) is 11.3. The summed E-state index contributed by atoms with van der Waals surface area (Å²) >= 11 is 0. The highest BCUT2D eigenvalue weighted by atomic mass is 28.4. The molecule has 1 aromatic carbocycles. The largest absolute Gasteiger partial charge is 0.543 e. The van der Waals surface area contributed by atoms with E-state index in [-0.39, 0.29) is 5.04 Å². The molecule has 0 fully saturated rings. The van der Waals surface area contributed by atoms with Crippen molar-refractivity contribution in [1.82, 2.24) is 0 Å². The summed E-state index contributed by atoms with van der Waals surface area (Å²) in [6.45, 7) is 10.1. The number of rotatable bonds is 6. The predicted molar refractivity (Wildman–Crippen MR) is 88.8 cm³/mol. The lowest BCUT2D eigenvalue weighted by Gasteiger charge is -2.37. The van der Waals surface area contributed by atoms with Crippen molar-refractivity contribution in [3.63, 3.8) is 0 Å². The Labute approximate surface area is 126 Å². The lowest BCUT2D eigenvalue weighted by Crippen LogP contribution is -2.44. The number of allylic oxidation sites excluding steroid dienone is 1. The second-order valence-electron chi connectivity index (χ2n) is 6.59. The van der Waals surface area contributed by atoms with Crippen LogP contribution in [0.25, 0.3) is 0 Å². The first-order chi connectivity index (χ1) is 9.63. The number of para-hydroxylation sites is 1. The van der Waals surface area contributed by atoms with Crippen molar-refractivity contribution >= 4 is 8.32 Å². The molecule has 1 aromatic rings. The van der Waals surface area contributed by atoms with Crippen molar-refractivity contribution < 1.29 is 10.9 Å². The van der Waals surface area contributed by atoms with E-state index in [1.54, 1.807) is 0 Å². The smallest absolute Gasteiger partial charge is 0.250 e. The molecule has 1 atom stereocenters. The number of aliphatic hydroxyl groups is 1. The van der Waals surface area contributed by atoms with Gasteiger partial charge in [0, 0.05) is 0 Å². The van der Waals surface area contributed by atoms with Crippen LogP contribution in [0.4, 0.5) is 0 Å². The van der Waals surface area contributed by atoms with Gasteiger partial charge in [-0.3, -0.25) is 0 Å². The van der Waals surface area contributed by atoms with Crippen LogP contribution in [0.3, 0.4) is 0 Å². The molecular formula is C17H28O2Si. The van der Waals surface area contributed by atoms with Crippen molar-refractivity contribution in [3.8, 4) is 5.75 Å². The van der Waals surface area contributed by atoms with Gasteiger partial charge in [0.15, 0.2) is 0 Å². The van der Waals surface area contributed by atoms with Crippen molar-refractivity contribution in [3.05, 3.63) is 42.0 Å². The first-order valence-electron chi connectivity index (χ1n) is 7.75. The van der Waals surface area contributed by atoms with E-state index < -0.39 is 14.9 Å². The van der Waals surface area contributed by atoms with Crippen molar-refractivity contribution in [2.45, 2.75) is 51.7 Å². The molecule has 3 heteroatoms. The Morgan fingerprint density at radius 2 is 1.90 bits per heavy atom.